The molecule has 1 aliphatic rings. The highest BCUT2D eigenvalue weighted by Crippen LogP contribution is 2.43. The number of carbonyl (C=O) groups is 1. The molecule has 7 heteroatoms. The predicted molar refractivity (Wildman–Crippen MR) is 151 cm³/mol. The summed E-state index contributed by atoms with van der Waals surface area (Å²) in [5.74, 6) is -0.687. The molecule has 5 nitrogen and oxygen atoms in total. The molecule has 0 aromatic heterocycles. The van der Waals surface area contributed by atoms with E-state index in [0.29, 0.717) is 34.3 Å². The van der Waals surface area contributed by atoms with Gasteiger partial charge in [0.2, 0.25) is 5.88 Å². The maximum absolute atomic E-state index is 14.1. The Hall–Kier alpha value is -3.51. The van der Waals surface area contributed by atoms with Crippen molar-refractivity contribution in [3.63, 3.8) is 0 Å². The Morgan fingerprint density at radius 1 is 0.973 bits per heavy atom. The molecule has 0 fully saturated rings. The van der Waals surface area contributed by atoms with Crippen LogP contribution < -0.4 is 10.2 Å². The maximum Gasteiger partial charge on any atom is 0.201 e. The van der Waals surface area contributed by atoms with Gasteiger partial charge < -0.3 is 20.4 Å². The van der Waals surface area contributed by atoms with E-state index >= 15 is 0 Å². The van der Waals surface area contributed by atoms with E-state index in [9.17, 15) is 15.0 Å². The first-order valence-electron chi connectivity index (χ1n) is 12.1. The van der Waals surface area contributed by atoms with Crippen molar-refractivity contribution < 1.29 is 15.0 Å². The average Bonchev–Trinajstić information content (AvgIpc) is 2.89. The molecule has 0 aliphatic carbocycles. The highest BCUT2D eigenvalue weighted by atomic mass is 35.5. The summed E-state index contributed by atoms with van der Waals surface area (Å²) in [4.78, 5) is 15.7. The number of aliphatic hydroxyl groups excluding tert-OH is 2. The highest BCUT2D eigenvalue weighted by Gasteiger charge is 2.39. The Balaban J connectivity index is 1.56. The molecule has 188 valence electrons. The molecule has 4 aromatic carbocycles. The second kappa shape index (κ2) is 10.5. The van der Waals surface area contributed by atoms with E-state index in [-0.39, 0.29) is 11.5 Å². The van der Waals surface area contributed by atoms with Crippen LogP contribution in [-0.4, -0.2) is 28.6 Å². The third-order valence-electron chi connectivity index (χ3n) is 6.71. The van der Waals surface area contributed by atoms with Crippen LogP contribution in [0.5, 0.6) is 0 Å². The smallest absolute Gasteiger partial charge is 0.201 e. The molecular weight excluding hydrogens is 507 g/mol. The molecule has 37 heavy (non-hydrogen) atoms. The van der Waals surface area contributed by atoms with Gasteiger partial charge in [0.05, 0.1) is 17.3 Å². The first kappa shape index (κ1) is 25.2. The van der Waals surface area contributed by atoms with Crippen molar-refractivity contribution in [1.29, 1.82) is 0 Å². The third kappa shape index (κ3) is 4.90. The number of fused-ring (bicyclic) bond motifs is 2. The van der Waals surface area contributed by atoms with Crippen LogP contribution in [0.1, 0.15) is 24.2 Å². The minimum Gasteiger partial charge on any atom is -0.494 e. The zero-order chi connectivity index (χ0) is 26.1. The lowest BCUT2D eigenvalue weighted by molar-refractivity contribution is -0.117. The number of anilines is 2. The van der Waals surface area contributed by atoms with E-state index < -0.39 is 17.9 Å². The molecule has 5 rings (SSSR count). The summed E-state index contributed by atoms with van der Waals surface area (Å²) >= 11 is 12.5. The lowest BCUT2D eigenvalue weighted by Crippen LogP contribution is -2.39. The van der Waals surface area contributed by atoms with E-state index in [0.717, 1.165) is 22.0 Å². The molecule has 1 aliphatic heterocycles. The van der Waals surface area contributed by atoms with Crippen LogP contribution in [0.3, 0.4) is 0 Å². The lowest BCUT2D eigenvalue weighted by atomic mass is 9.88. The number of ketones is 1. The van der Waals surface area contributed by atoms with Gasteiger partial charge in [-0.3, -0.25) is 4.79 Å². The van der Waals surface area contributed by atoms with Crippen molar-refractivity contribution in [2.24, 2.45) is 0 Å². The Morgan fingerprint density at radius 2 is 1.70 bits per heavy atom. The molecular formula is C30H26Cl2N2O3. The molecule has 3 N–H and O–H groups in total. The first-order chi connectivity index (χ1) is 17.9. The van der Waals surface area contributed by atoms with Gasteiger partial charge in [-0.2, -0.15) is 0 Å². The Bertz CT molecular complexity index is 1500. The van der Waals surface area contributed by atoms with Crippen LogP contribution in [0.4, 0.5) is 11.4 Å². The van der Waals surface area contributed by atoms with Gasteiger partial charge in [-0.1, -0.05) is 71.7 Å². The van der Waals surface area contributed by atoms with E-state index in [1.165, 1.54) is 0 Å². The lowest BCUT2D eigenvalue weighted by Gasteiger charge is -2.35. The summed E-state index contributed by atoms with van der Waals surface area (Å²) < 4.78 is 0. The van der Waals surface area contributed by atoms with E-state index in [1.807, 2.05) is 61.5 Å². The molecule has 0 saturated carbocycles. The van der Waals surface area contributed by atoms with Crippen molar-refractivity contribution in [3.05, 3.63) is 118 Å². The number of carbonyl (C=O) groups excluding carboxylic acids is 1. The van der Waals surface area contributed by atoms with Crippen LogP contribution >= 0.6 is 23.2 Å². The number of nitrogens with one attached hydrogen (secondary N) is 1. The normalized spacial score (nSPS) is 16.0. The van der Waals surface area contributed by atoms with Crippen molar-refractivity contribution in [3.8, 4) is 0 Å². The van der Waals surface area contributed by atoms with Crippen molar-refractivity contribution in [2.45, 2.75) is 25.5 Å². The Kier molecular flexibility index (Phi) is 7.11. The van der Waals surface area contributed by atoms with Gasteiger partial charge in [0.15, 0.2) is 5.78 Å². The topological polar surface area (TPSA) is 72.8 Å². The molecule has 2 atom stereocenters. The third-order valence-corrected chi connectivity index (χ3v) is 7.29. The van der Waals surface area contributed by atoms with E-state index in [4.69, 9.17) is 23.2 Å². The van der Waals surface area contributed by atoms with Gasteiger partial charge in [-0.15, -0.1) is 0 Å². The maximum atomic E-state index is 14.1. The van der Waals surface area contributed by atoms with Gasteiger partial charge in [0.1, 0.15) is 6.10 Å². The molecule has 1 heterocycles. The Morgan fingerprint density at radius 3 is 2.43 bits per heavy atom. The van der Waals surface area contributed by atoms with E-state index in [2.05, 4.69) is 5.32 Å². The number of Topliss-reactive ketones (excluding diaryl/α,β-unsaturated/α-hetero) is 1. The fourth-order valence-corrected chi connectivity index (χ4v) is 5.26. The second-order valence-electron chi connectivity index (χ2n) is 9.01. The highest BCUT2D eigenvalue weighted by molar-refractivity contribution is 6.32. The molecule has 0 amide bonds. The number of nitrogens with zero attached hydrogens (tertiary/aromatic N) is 1. The SMILES string of the molecule is CCN1C(O)=C(C(=O)C(Cc2ccc(Cl)cc2)Nc2ccc3ccccc3c2)C(O)c2c(Cl)cccc21. The summed E-state index contributed by atoms with van der Waals surface area (Å²) in [6.07, 6.45) is -1.06. The summed E-state index contributed by atoms with van der Waals surface area (Å²) in [5.41, 5.74) is 2.53. The van der Waals surface area contributed by atoms with Gasteiger partial charge in [-0.05, 0) is 59.7 Å². The Labute approximate surface area is 225 Å². The summed E-state index contributed by atoms with van der Waals surface area (Å²) in [6, 6.07) is 25.5. The fourth-order valence-electron chi connectivity index (χ4n) is 4.86. The quantitative estimate of drug-likeness (QED) is 0.237. The number of benzene rings is 4. The van der Waals surface area contributed by atoms with Crippen LogP contribution in [0.25, 0.3) is 10.8 Å². The van der Waals surface area contributed by atoms with Crippen LogP contribution in [-0.2, 0) is 11.2 Å². The van der Waals surface area contributed by atoms with Crippen LogP contribution in [0.2, 0.25) is 10.0 Å². The fraction of sp³-hybridized carbons (Fsp3) is 0.167. The van der Waals surface area contributed by atoms with Crippen molar-refractivity contribution in [2.75, 3.05) is 16.8 Å². The molecule has 0 radical (unpaired) electrons. The molecule has 0 saturated heterocycles. The monoisotopic (exact) mass is 532 g/mol. The minimum absolute atomic E-state index is 0.0882. The average molecular weight is 533 g/mol. The van der Waals surface area contributed by atoms with Crippen LogP contribution in [0, 0.1) is 0 Å². The number of aliphatic hydroxyl groups is 2. The zero-order valence-corrected chi connectivity index (χ0v) is 21.7. The summed E-state index contributed by atoms with van der Waals surface area (Å²) in [5, 5.41) is 28.9. The number of rotatable bonds is 7. The largest absolute Gasteiger partial charge is 0.494 e. The first-order valence-corrected chi connectivity index (χ1v) is 12.8. The minimum atomic E-state index is -1.37. The molecule has 2 unspecified atom stereocenters. The summed E-state index contributed by atoms with van der Waals surface area (Å²) in [6.45, 7) is 2.25. The molecule has 0 spiro atoms. The molecule has 4 aromatic rings. The predicted octanol–water partition coefficient (Wildman–Crippen LogP) is 7.08. The van der Waals surface area contributed by atoms with Gasteiger partial charge in [0.25, 0.3) is 0 Å². The number of hydrogen-bond donors (Lipinski definition) is 3. The van der Waals surface area contributed by atoms with Crippen LogP contribution in [0.15, 0.2) is 96.4 Å². The molecule has 0 bridgehead atoms. The zero-order valence-electron chi connectivity index (χ0n) is 20.2. The van der Waals surface area contributed by atoms with E-state index in [1.54, 1.807) is 35.2 Å². The number of halogens is 2. The second-order valence-corrected chi connectivity index (χ2v) is 9.85. The van der Waals surface area contributed by atoms with Gasteiger partial charge in [-0.25, -0.2) is 0 Å². The van der Waals surface area contributed by atoms with Gasteiger partial charge in [0, 0.05) is 34.3 Å². The van der Waals surface area contributed by atoms with Crippen molar-refractivity contribution >= 4 is 51.1 Å². The number of hydrogen-bond acceptors (Lipinski definition) is 5. The standard InChI is InChI=1S/C30H26Cl2N2O3/c1-2-34-25-9-5-8-23(32)26(25)29(36)27(30(34)37)28(35)24(16-18-10-13-21(31)14-11-18)33-22-15-12-19-6-3-4-7-20(19)17-22/h3-15,17,24,29,33,36-37H,2,16H2,1H3. The summed E-state index contributed by atoms with van der Waals surface area (Å²) in [7, 11) is 0. The van der Waals surface area contributed by atoms with Gasteiger partial charge >= 0.3 is 0 Å². The van der Waals surface area contributed by atoms with Crippen molar-refractivity contribution in [1.82, 2.24) is 0 Å².